The fraction of sp³-hybridized carbons (Fsp3) is 0.267. The number of fused-ring (bicyclic) bond motifs is 1. The molecule has 0 amide bonds. The van der Waals surface area contributed by atoms with Crippen LogP contribution in [0.1, 0.15) is 12.7 Å². The highest BCUT2D eigenvalue weighted by Crippen LogP contribution is 2.27. The molecule has 9 heteroatoms. The number of hydrogen-bond acceptors (Lipinski definition) is 8. The van der Waals surface area contributed by atoms with E-state index in [0.29, 0.717) is 22.5 Å². The van der Waals surface area contributed by atoms with Gasteiger partial charge in [-0.2, -0.15) is 5.26 Å². The van der Waals surface area contributed by atoms with Gasteiger partial charge in [-0.05, 0) is 19.1 Å². The van der Waals surface area contributed by atoms with E-state index >= 15 is 0 Å². The standard InChI is InChI=1S/C15H14N6OS2/c1-2-17-14-19-20-15(24-14)23-9-12-18-11-6-4-3-5-10(11)13(22)21(12)8-7-16/h3-6H,2,8-9H2,1H3,(H,17,19). The first-order valence-electron chi connectivity index (χ1n) is 7.28. The summed E-state index contributed by atoms with van der Waals surface area (Å²) in [4.78, 5) is 17.1. The van der Waals surface area contributed by atoms with Crippen molar-refractivity contribution in [1.82, 2.24) is 19.7 Å². The molecule has 0 spiro atoms. The molecule has 0 aliphatic carbocycles. The van der Waals surface area contributed by atoms with Gasteiger partial charge >= 0.3 is 0 Å². The second-order valence-corrected chi connectivity index (χ2v) is 6.99. The minimum atomic E-state index is -0.191. The van der Waals surface area contributed by atoms with Crippen molar-refractivity contribution in [3.8, 4) is 6.07 Å². The highest BCUT2D eigenvalue weighted by molar-refractivity contribution is 8.00. The number of para-hydroxylation sites is 1. The lowest BCUT2D eigenvalue weighted by Crippen LogP contribution is -2.24. The third kappa shape index (κ3) is 3.39. The molecule has 0 atom stereocenters. The van der Waals surface area contributed by atoms with E-state index in [-0.39, 0.29) is 12.1 Å². The molecule has 3 aromatic rings. The molecule has 1 aromatic carbocycles. The summed E-state index contributed by atoms with van der Waals surface area (Å²) in [5, 5.41) is 21.5. The van der Waals surface area contributed by atoms with Crippen LogP contribution in [0.25, 0.3) is 10.9 Å². The number of anilines is 1. The number of nitrogens with zero attached hydrogens (tertiary/aromatic N) is 5. The van der Waals surface area contributed by atoms with Crippen molar-refractivity contribution < 1.29 is 0 Å². The van der Waals surface area contributed by atoms with E-state index in [9.17, 15) is 4.79 Å². The quantitative estimate of drug-likeness (QED) is 0.676. The Balaban J connectivity index is 1.91. The Bertz CT molecular complexity index is 958. The summed E-state index contributed by atoms with van der Waals surface area (Å²) >= 11 is 2.90. The number of nitrogens with one attached hydrogen (secondary N) is 1. The molecule has 7 nitrogen and oxygen atoms in total. The number of nitriles is 1. The van der Waals surface area contributed by atoms with Crippen molar-refractivity contribution in [3.05, 3.63) is 40.4 Å². The Labute approximate surface area is 146 Å². The summed E-state index contributed by atoms with van der Waals surface area (Å²) < 4.78 is 2.21. The summed E-state index contributed by atoms with van der Waals surface area (Å²) in [5.74, 6) is 1.01. The van der Waals surface area contributed by atoms with Gasteiger partial charge in [0, 0.05) is 6.54 Å². The van der Waals surface area contributed by atoms with Crippen LogP contribution in [0.5, 0.6) is 0 Å². The lowest BCUT2D eigenvalue weighted by atomic mass is 10.2. The summed E-state index contributed by atoms with van der Waals surface area (Å²) in [6.07, 6.45) is 0. The number of aromatic nitrogens is 4. The fourth-order valence-corrected chi connectivity index (χ4v) is 3.94. The molecule has 0 radical (unpaired) electrons. The molecular weight excluding hydrogens is 344 g/mol. The maximum atomic E-state index is 12.6. The van der Waals surface area contributed by atoms with Crippen LogP contribution in [0.4, 0.5) is 5.13 Å². The molecule has 0 saturated heterocycles. The molecule has 1 N–H and O–H groups in total. The highest BCUT2D eigenvalue weighted by Gasteiger charge is 2.12. The monoisotopic (exact) mass is 358 g/mol. The van der Waals surface area contributed by atoms with Gasteiger partial charge in [0.2, 0.25) is 5.13 Å². The van der Waals surface area contributed by atoms with E-state index in [4.69, 9.17) is 5.26 Å². The summed E-state index contributed by atoms with van der Waals surface area (Å²) in [6, 6.07) is 9.19. The molecule has 24 heavy (non-hydrogen) atoms. The molecule has 0 bridgehead atoms. The Morgan fingerprint density at radius 1 is 1.38 bits per heavy atom. The van der Waals surface area contributed by atoms with Crippen molar-refractivity contribution in [2.24, 2.45) is 0 Å². The Morgan fingerprint density at radius 3 is 3.00 bits per heavy atom. The van der Waals surface area contributed by atoms with Gasteiger partial charge < -0.3 is 5.32 Å². The van der Waals surface area contributed by atoms with Crippen molar-refractivity contribution >= 4 is 39.1 Å². The summed E-state index contributed by atoms with van der Waals surface area (Å²) in [6.45, 7) is 2.76. The van der Waals surface area contributed by atoms with Crippen molar-refractivity contribution in [2.75, 3.05) is 11.9 Å². The van der Waals surface area contributed by atoms with Gasteiger partial charge in [0.25, 0.3) is 5.56 Å². The summed E-state index contributed by atoms with van der Waals surface area (Å²) in [5.41, 5.74) is 0.446. The lowest BCUT2D eigenvalue weighted by molar-refractivity contribution is 0.730. The second kappa shape index (κ2) is 7.42. The molecule has 2 heterocycles. The number of benzene rings is 1. The average Bonchev–Trinajstić information content (AvgIpc) is 3.04. The predicted molar refractivity (Wildman–Crippen MR) is 95.2 cm³/mol. The van der Waals surface area contributed by atoms with Crippen LogP contribution in [-0.2, 0) is 12.3 Å². The van der Waals surface area contributed by atoms with Crippen LogP contribution in [0.3, 0.4) is 0 Å². The minimum absolute atomic E-state index is 0.0225. The first kappa shape index (κ1) is 16.4. The lowest BCUT2D eigenvalue weighted by Gasteiger charge is -2.09. The molecule has 0 aliphatic heterocycles. The first-order valence-corrected chi connectivity index (χ1v) is 9.08. The third-order valence-electron chi connectivity index (χ3n) is 3.23. The van der Waals surface area contributed by atoms with E-state index in [0.717, 1.165) is 16.0 Å². The van der Waals surface area contributed by atoms with E-state index in [1.807, 2.05) is 19.1 Å². The van der Waals surface area contributed by atoms with Crippen molar-refractivity contribution in [1.29, 1.82) is 5.26 Å². The number of hydrogen-bond donors (Lipinski definition) is 1. The Kier molecular flexibility index (Phi) is 5.08. The van der Waals surface area contributed by atoms with E-state index in [1.54, 1.807) is 18.2 Å². The topological polar surface area (TPSA) is 96.5 Å². The SMILES string of the molecule is CCNc1nnc(SCc2nc3ccccc3c(=O)n2CC#N)s1. The Hall–Kier alpha value is -2.44. The van der Waals surface area contributed by atoms with Crippen molar-refractivity contribution in [2.45, 2.75) is 23.6 Å². The van der Waals surface area contributed by atoms with Crippen molar-refractivity contribution in [3.63, 3.8) is 0 Å². The number of thioether (sulfide) groups is 1. The molecule has 0 fully saturated rings. The second-order valence-electron chi connectivity index (χ2n) is 4.79. The zero-order valence-corrected chi connectivity index (χ0v) is 14.5. The molecule has 0 saturated carbocycles. The molecule has 0 unspecified atom stereocenters. The normalized spacial score (nSPS) is 10.7. The van der Waals surface area contributed by atoms with Gasteiger partial charge in [-0.25, -0.2) is 4.98 Å². The number of rotatable bonds is 6. The largest absolute Gasteiger partial charge is 0.360 e. The van der Waals surface area contributed by atoms with Crippen LogP contribution in [0, 0.1) is 11.3 Å². The first-order chi connectivity index (χ1) is 11.7. The van der Waals surface area contributed by atoms with Gasteiger partial charge in [-0.15, -0.1) is 10.2 Å². The fourth-order valence-electron chi connectivity index (χ4n) is 2.18. The maximum Gasteiger partial charge on any atom is 0.262 e. The van der Waals surface area contributed by atoms with E-state index < -0.39 is 0 Å². The van der Waals surface area contributed by atoms with E-state index in [2.05, 4.69) is 20.5 Å². The van der Waals surface area contributed by atoms with Crippen LogP contribution in [-0.4, -0.2) is 26.3 Å². The van der Waals surface area contributed by atoms with Crippen LogP contribution in [0.2, 0.25) is 0 Å². The van der Waals surface area contributed by atoms with Crippen LogP contribution < -0.4 is 10.9 Å². The minimum Gasteiger partial charge on any atom is -0.360 e. The van der Waals surface area contributed by atoms with Gasteiger partial charge in [-0.1, -0.05) is 35.2 Å². The van der Waals surface area contributed by atoms with Crippen LogP contribution >= 0.6 is 23.1 Å². The molecule has 2 aromatic heterocycles. The summed E-state index contributed by atoms with van der Waals surface area (Å²) in [7, 11) is 0. The molecule has 3 rings (SSSR count). The smallest absolute Gasteiger partial charge is 0.262 e. The molecule has 0 aliphatic rings. The van der Waals surface area contributed by atoms with E-state index in [1.165, 1.54) is 27.7 Å². The zero-order valence-electron chi connectivity index (χ0n) is 12.9. The predicted octanol–water partition coefficient (Wildman–Crippen LogP) is 2.50. The average molecular weight is 358 g/mol. The van der Waals surface area contributed by atoms with Gasteiger partial charge in [0.1, 0.15) is 12.4 Å². The molecule has 122 valence electrons. The van der Waals surface area contributed by atoms with Gasteiger partial charge in [0.15, 0.2) is 4.34 Å². The Morgan fingerprint density at radius 2 is 2.21 bits per heavy atom. The zero-order chi connectivity index (χ0) is 16.9. The molecular formula is C15H14N6OS2. The maximum absolute atomic E-state index is 12.6. The van der Waals surface area contributed by atoms with Gasteiger partial charge in [-0.3, -0.25) is 9.36 Å². The van der Waals surface area contributed by atoms with Gasteiger partial charge in [0.05, 0.1) is 22.7 Å². The highest BCUT2D eigenvalue weighted by atomic mass is 32.2. The van der Waals surface area contributed by atoms with Crippen LogP contribution in [0.15, 0.2) is 33.4 Å². The third-order valence-corrected chi connectivity index (χ3v) is 5.24.